The summed E-state index contributed by atoms with van der Waals surface area (Å²) in [5, 5.41) is 1.79. The smallest absolute Gasteiger partial charge is 0.0717 e. The zero-order chi connectivity index (χ0) is 10.6. The van der Waals surface area contributed by atoms with Crippen LogP contribution in [-0.2, 0) is 0 Å². The van der Waals surface area contributed by atoms with Gasteiger partial charge in [-0.15, -0.1) is 0 Å². The van der Waals surface area contributed by atoms with Gasteiger partial charge in [0.2, 0.25) is 0 Å². The van der Waals surface area contributed by atoms with E-state index in [4.69, 9.17) is 11.6 Å². The highest BCUT2D eigenvalue weighted by Gasteiger charge is 1.98. The number of rotatable bonds is 0. The summed E-state index contributed by atoms with van der Waals surface area (Å²) in [6.07, 6.45) is 1.85. The third-order valence-corrected chi connectivity index (χ3v) is 2.14. The van der Waals surface area contributed by atoms with Crippen LogP contribution in [0, 0.1) is 6.92 Å². The summed E-state index contributed by atoms with van der Waals surface area (Å²) in [4.78, 5) is 4.26. The number of aryl methyl sites for hydroxylation is 1. The van der Waals surface area contributed by atoms with E-state index in [0.29, 0.717) is 0 Å². The maximum absolute atomic E-state index is 5.99. The van der Waals surface area contributed by atoms with Crippen molar-refractivity contribution < 1.29 is 0 Å². The van der Waals surface area contributed by atoms with E-state index >= 15 is 0 Å². The third kappa shape index (κ3) is 2.24. The first kappa shape index (κ1) is 11.0. The predicted octanol–water partition coefficient (Wildman–Crippen LogP) is 4.22. The van der Waals surface area contributed by atoms with Gasteiger partial charge in [0.25, 0.3) is 0 Å². The molecule has 0 radical (unpaired) electrons. The summed E-state index contributed by atoms with van der Waals surface area (Å²) in [5.74, 6) is 0. The standard InChI is InChI=1S/C10H8ClN.C2H6/c1-7-5-8-9(11)3-2-4-10(8)12-6-7;1-2/h2-6H,1H3;1-2H3. The molecule has 0 spiro atoms. The zero-order valence-corrected chi connectivity index (χ0v) is 9.47. The lowest BCUT2D eigenvalue weighted by atomic mass is 10.2. The minimum Gasteiger partial charge on any atom is -0.256 e. The van der Waals surface area contributed by atoms with Crippen LogP contribution in [-0.4, -0.2) is 4.98 Å². The molecule has 0 atom stereocenters. The molecule has 1 heterocycles. The highest BCUT2D eigenvalue weighted by molar-refractivity contribution is 6.35. The highest BCUT2D eigenvalue weighted by Crippen LogP contribution is 2.21. The van der Waals surface area contributed by atoms with Crippen molar-refractivity contribution in [1.29, 1.82) is 0 Å². The van der Waals surface area contributed by atoms with Crippen LogP contribution < -0.4 is 0 Å². The maximum Gasteiger partial charge on any atom is 0.0717 e. The molecule has 1 aromatic heterocycles. The lowest BCUT2D eigenvalue weighted by Gasteiger charge is -1.99. The van der Waals surface area contributed by atoms with E-state index in [2.05, 4.69) is 4.98 Å². The van der Waals surface area contributed by atoms with Crippen molar-refractivity contribution in [2.75, 3.05) is 0 Å². The van der Waals surface area contributed by atoms with Crippen molar-refractivity contribution >= 4 is 22.5 Å². The lowest BCUT2D eigenvalue weighted by Crippen LogP contribution is -1.80. The Labute approximate surface area is 89.7 Å². The fraction of sp³-hybridized carbons (Fsp3) is 0.250. The van der Waals surface area contributed by atoms with Crippen LogP contribution in [0.3, 0.4) is 0 Å². The molecular weight excluding hydrogens is 194 g/mol. The van der Waals surface area contributed by atoms with E-state index in [1.165, 1.54) is 0 Å². The SMILES string of the molecule is CC.Cc1cnc2cccc(Cl)c2c1. The van der Waals surface area contributed by atoms with Crippen molar-refractivity contribution in [2.24, 2.45) is 0 Å². The van der Waals surface area contributed by atoms with Crippen LogP contribution in [0.4, 0.5) is 0 Å². The molecule has 0 amide bonds. The second-order valence-electron chi connectivity index (χ2n) is 2.82. The Morgan fingerprint density at radius 3 is 2.64 bits per heavy atom. The van der Waals surface area contributed by atoms with Gasteiger partial charge < -0.3 is 0 Å². The first-order chi connectivity index (χ1) is 6.77. The quantitative estimate of drug-likeness (QED) is 0.630. The Hall–Kier alpha value is -1.08. The molecule has 1 nitrogen and oxygen atoms in total. The average molecular weight is 208 g/mol. The first-order valence-corrected chi connectivity index (χ1v) is 5.16. The van der Waals surface area contributed by atoms with Crippen molar-refractivity contribution in [2.45, 2.75) is 20.8 Å². The van der Waals surface area contributed by atoms with Crippen LogP contribution in [0.5, 0.6) is 0 Å². The monoisotopic (exact) mass is 207 g/mol. The van der Waals surface area contributed by atoms with Gasteiger partial charge in [-0.1, -0.05) is 31.5 Å². The summed E-state index contributed by atoms with van der Waals surface area (Å²) >= 11 is 5.99. The van der Waals surface area contributed by atoms with Crippen LogP contribution in [0.1, 0.15) is 19.4 Å². The van der Waals surface area contributed by atoms with E-state index in [-0.39, 0.29) is 0 Å². The molecule has 74 valence electrons. The van der Waals surface area contributed by atoms with Gasteiger partial charge in [0.15, 0.2) is 0 Å². The Morgan fingerprint density at radius 1 is 1.21 bits per heavy atom. The van der Waals surface area contributed by atoms with Gasteiger partial charge in [-0.2, -0.15) is 0 Å². The molecule has 14 heavy (non-hydrogen) atoms. The third-order valence-electron chi connectivity index (χ3n) is 1.81. The molecule has 0 saturated carbocycles. The van der Waals surface area contributed by atoms with Crippen molar-refractivity contribution in [3.05, 3.63) is 41.0 Å². The van der Waals surface area contributed by atoms with Crippen LogP contribution in [0.25, 0.3) is 10.9 Å². The van der Waals surface area contributed by atoms with Crippen molar-refractivity contribution in [3.63, 3.8) is 0 Å². The number of hydrogen-bond donors (Lipinski definition) is 0. The number of benzene rings is 1. The number of halogens is 1. The van der Waals surface area contributed by atoms with Gasteiger partial charge in [-0.3, -0.25) is 4.98 Å². The number of aromatic nitrogens is 1. The van der Waals surface area contributed by atoms with Crippen LogP contribution in [0.2, 0.25) is 5.02 Å². The largest absolute Gasteiger partial charge is 0.256 e. The van der Waals surface area contributed by atoms with E-state index < -0.39 is 0 Å². The van der Waals surface area contributed by atoms with E-state index in [1.54, 1.807) is 0 Å². The minimum absolute atomic E-state index is 0.767. The lowest BCUT2D eigenvalue weighted by molar-refractivity contribution is 1.33. The highest BCUT2D eigenvalue weighted by atomic mass is 35.5. The summed E-state index contributed by atoms with van der Waals surface area (Å²) in [6, 6.07) is 7.79. The van der Waals surface area contributed by atoms with Crippen LogP contribution >= 0.6 is 11.6 Å². The summed E-state index contributed by atoms with van der Waals surface area (Å²) in [5.41, 5.74) is 2.09. The fourth-order valence-electron chi connectivity index (χ4n) is 1.22. The van der Waals surface area contributed by atoms with Gasteiger partial charge in [0.05, 0.1) is 5.52 Å². The predicted molar refractivity (Wildman–Crippen MR) is 62.8 cm³/mol. The molecule has 0 aliphatic heterocycles. The number of hydrogen-bond acceptors (Lipinski definition) is 1. The van der Waals surface area contributed by atoms with Gasteiger partial charge in [-0.05, 0) is 30.7 Å². The average Bonchev–Trinajstić information content (AvgIpc) is 2.22. The summed E-state index contributed by atoms with van der Waals surface area (Å²) in [6.45, 7) is 6.01. The summed E-state index contributed by atoms with van der Waals surface area (Å²) in [7, 11) is 0. The number of fused-ring (bicyclic) bond motifs is 1. The normalized spacial score (nSPS) is 9.43. The Morgan fingerprint density at radius 2 is 1.93 bits per heavy atom. The maximum atomic E-state index is 5.99. The molecule has 0 fully saturated rings. The number of pyridine rings is 1. The van der Waals surface area contributed by atoms with E-state index in [9.17, 15) is 0 Å². The summed E-state index contributed by atoms with van der Waals surface area (Å²) < 4.78 is 0. The minimum atomic E-state index is 0.767. The molecule has 0 aliphatic rings. The Kier molecular flexibility index (Phi) is 3.90. The molecule has 2 aromatic rings. The molecule has 1 aromatic carbocycles. The molecule has 0 aliphatic carbocycles. The molecule has 2 heteroatoms. The number of nitrogens with zero attached hydrogens (tertiary/aromatic N) is 1. The van der Waals surface area contributed by atoms with Gasteiger partial charge in [-0.25, -0.2) is 0 Å². The van der Waals surface area contributed by atoms with Crippen molar-refractivity contribution in [3.8, 4) is 0 Å². The van der Waals surface area contributed by atoms with Gasteiger partial charge in [0.1, 0.15) is 0 Å². The first-order valence-electron chi connectivity index (χ1n) is 4.78. The molecule has 0 N–H and O–H groups in total. The van der Waals surface area contributed by atoms with Crippen LogP contribution in [0.15, 0.2) is 30.5 Å². The Balaban J connectivity index is 0.000000461. The molecule has 0 saturated heterocycles. The van der Waals surface area contributed by atoms with Gasteiger partial charge >= 0.3 is 0 Å². The molecule has 0 bridgehead atoms. The molecule has 0 unspecified atom stereocenters. The molecular formula is C12H14ClN. The second-order valence-corrected chi connectivity index (χ2v) is 3.23. The van der Waals surface area contributed by atoms with Crippen molar-refractivity contribution in [1.82, 2.24) is 4.98 Å². The second kappa shape index (κ2) is 4.97. The Bertz CT molecular complexity index is 424. The van der Waals surface area contributed by atoms with E-state index in [0.717, 1.165) is 21.5 Å². The topological polar surface area (TPSA) is 12.9 Å². The fourth-order valence-corrected chi connectivity index (χ4v) is 1.44. The van der Waals surface area contributed by atoms with E-state index in [1.807, 2.05) is 51.2 Å². The molecule has 2 rings (SSSR count). The van der Waals surface area contributed by atoms with Gasteiger partial charge in [0, 0.05) is 16.6 Å². The zero-order valence-electron chi connectivity index (χ0n) is 8.71.